The molecule has 1 aliphatic rings. The normalized spacial score (nSPS) is 15.8. The number of esters is 1. The molecule has 1 amide bonds. The van der Waals surface area contributed by atoms with Gasteiger partial charge in [-0.05, 0) is 43.2 Å². The van der Waals surface area contributed by atoms with Crippen molar-refractivity contribution in [2.24, 2.45) is 4.99 Å². The number of hydrogen-bond donors (Lipinski definition) is 2. The first kappa shape index (κ1) is 23.2. The van der Waals surface area contributed by atoms with E-state index in [2.05, 4.69) is 15.0 Å². The molecule has 0 saturated heterocycles. The van der Waals surface area contributed by atoms with E-state index in [4.69, 9.17) is 4.74 Å². The molecule has 3 aromatic carbocycles. The molecule has 1 aliphatic heterocycles. The van der Waals surface area contributed by atoms with Crippen LogP contribution in [0.1, 0.15) is 28.4 Å². The number of anilines is 1. The maximum absolute atomic E-state index is 13.1. The van der Waals surface area contributed by atoms with Crippen molar-refractivity contribution in [1.29, 1.82) is 0 Å². The first-order valence-corrected chi connectivity index (χ1v) is 12.0. The number of carbonyl (C=O) groups excluding carboxylic acids is 2. The zero-order valence-electron chi connectivity index (χ0n) is 18.6. The molecule has 174 valence electrons. The Hall–Kier alpha value is -3.98. The lowest BCUT2D eigenvalue weighted by atomic mass is 10.1. The van der Waals surface area contributed by atoms with Gasteiger partial charge in [-0.15, -0.1) is 0 Å². The van der Waals surface area contributed by atoms with Gasteiger partial charge in [0, 0.05) is 16.8 Å². The Balaban J connectivity index is 1.53. The van der Waals surface area contributed by atoms with Crippen molar-refractivity contribution in [3.05, 3.63) is 95.1 Å². The molecule has 0 radical (unpaired) electrons. The summed E-state index contributed by atoms with van der Waals surface area (Å²) >= 11 is 0. The maximum atomic E-state index is 13.1. The predicted octanol–water partition coefficient (Wildman–Crippen LogP) is 3.27. The van der Waals surface area contributed by atoms with Crippen LogP contribution in [0.5, 0.6) is 0 Å². The van der Waals surface area contributed by atoms with Crippen LogP contribution in [0.4, 0.5) is 5.69 Å². The van der Waals surface area contributed by atoms with Gasteiger partial charge in [-0.2, -0.15) is 0 Å². The minimum Gasteiger partial charge on any atom is -0.446 e. The molecule has 3 aromatic rings. The van der Waals surface area contributed by atoms with Crippen molar-refractivity contribution in [2.75, 3.05) is 11.9 Å². The molecule has 9 heteroatoms. The summed E-state index contributed by atoms with van der Waals surface area (Å²) in [6.07, 6.45) is -1.21. The Morgan fingerprint density at radius 2 is 1.71 bits per heavy atom. The molecule has 0 fully saturated rings. The second-order valence-electron chi connectivity index (χ2n) is 7.85. The molecule has 2 N–H and O–H groups in total. The number of ether oxygens (including phenoxy) is 1. The van der Waals surface area contributed by atoms with Gasteiger partial charge in [0.2, 0.25) is 6.10 Å². The molecule has 1 atom stereocenters. The fourth-order valence-corrected chi connectivity index (χ4v) is 4.78. The average Bonchev–Trinajstić information content (AvgIpc) is 3.09. The van der Waals surface area contributed by atoms with Crippen LogP contribution in [0, 0.1) is 13.8 Å². The van der Waals surface area contributed by atoms with Crippen molar-refractivity contribution in [3.8, 4) is 0 Å². The fourth-order valence-electron chi connectivity index (χ4n) is 3.53. The van der Waals surface area contributed by atoms with Gasteiger partial charge in [-0.1, -0.05) is 54.6 Å². The summed E-state index contributed by atoms with van der Waals surface area (Å²) in [7, 11) is -3.72. The van der Waals surface area contributed by atoms with E-state index in [0.29, 0.717) is 16.8 Å². The third-order valence-corrected chi connectivity index (χ3v) is 6.67. The van der Waals surface area contributed by atoms with Gasteiger partial charge in [-0.3, -0.25) is 19.3 Å². The first-order valence-electron chi connectivity index (χ1n) is 10.5. The van der Waals surface area contributed by atoms with E-state index in [1.807, 2.05) is 32.0 Å². The van der Waals surface area contributed by atoms with Crippen molar-refractivity contribution in [1.82, 2.24) is 4.72 Å². The van der Waals surface area contributed by atoms with Gasteiger partial charge in [-0.25, -0.2) is 8.42 Å². The molecule has 0 spiro atoms. The largest absolute Gasteiger partial charge is 0.446 e. The van der Waals surface area contributed by atoms with Crippen LogP contribution in [0.3, 0.4) is 0 Å². The summed E-state index contributed by atoms with van der Waals surface area (Å²) < 4.78 is 32.3. The van der Waals surface area contributed by atoms with Crippen molar-refractivity contribution < 1.29 is 22.7 Å². The number of fused-ring (bicyclic) bond motifs is 1. The molecular weight excluding hydrogens is 454 g/mol. The number of benzene rings is 3. The minimum absolute atomic E-state index is 0.0589. The van der Waals surface area contributed by atoms with Gasteiger partial charge in [0.25, 0.3) is 15.9 Å². The maximum Gasteiger partial charge on any atom is 0.328 e. The number of hydrogen-bond acceptors (Lipinski definition) is 6. The van der Waals surface area contributed by atoms with Crippen LogP contribution in [-0.4, -0.2) is 32.7 Å². The Morgan fingerprint density at radius 3 is 2.47 bits per heavy atom. The van der Waals surface area contributed by atoms with E-state index in [0.717, 1.165) is 11.1 Å². The van der Waals surface area contributed by atoms with E-state index >= 15 is 0 Å². The van der Waals surface area contributed by atoms with Gasteiger partial charge in [0.15, 0.2) is 0 Å². The second kappa shape index (κ2) is 9.48. The molecule has 1 heterocycles. The van der Waals surface area contributed by atoms with Crippen LogP contribution in [0.15, 0.2) is 82.7 Å². The summed E-state index contributed by atoms with van der Waals surface area (Å²) in [4.78, 5) is 29.9. The Labute approximate surface area is 197 Å². The van der Waals surface area contributed by atoms with Gasteiger partial charge >= 0.3 is 5.97 Å². The highest BCUT2D eigenvalue weighted by Crippen LogP contribution is 2.24. The van der Waals surface area contributed by atoms with E-state index in [1.165, 1.54) is 6.07 Å². The second-order valence-corrected chi connectivity index (χ2v) is 9.51. The number of nitrogens with zero attached hydrogens (tertiary/aromatic N) is 1. The zero-order chi connectivity index (χ0) is 24.3. The molecule has 0 aromatic heterocycles. The highest BCUT2D eigenvalue weighted by molar-refractivity contribution is 7.90. The van der Waals surface area contributed by atoms with Crippen LogP contribution in [0.25, 0.3) is 0 Å². The minimum atomic E-state index is -3.72. The Morgan fingerprint density at radius 1 is 1.00 bits per heavy atom. The fraction of sp³-hybridized carbons (Fsp3) is 0.160. The number of amides is 1. The molecule has 1 unspecified atom stereocenters. The van der Waals surface area contributed by atoms with E-state index < -0.39 is 34.5 Å². The van der Waals surface area contributed by atoms with Crippen LogP contribution in [-0.2, 0) is 24.3 Å². The highest BCUT2D eigenvalue weighted by Gasteiger charge is 2.31. The molecule has 0 saturated carbocycles. The first-order chi connectivity index (χ1) is 16.2. The van der Waals surface area contributed by atoms with Crippen LogP contribution < -0.4 is 10.0 Å². The third kappa shape index (κ3) is 4.99. The number of rotatable bonds is 6. The van der Waals surface area contributed by atoms with Crippen molar-refractivity contribution >= 4 is 33.4 Å². The molecule has 34 heavy (non-hydrogen) atoms. The van der Waals surface area contributed by atoms with E-state index in [9.17, 15) is 18.0 Å². The number of amidine groups is 1. The highest BCUT2D eigenvalue weighted by atomic mass is 32.2. The summed E-state index contributed by atoms with van der Waals surface area (Å²) in [6.45, 7) is 3.32. The topological polar surface area (TPSA) is 114 Å². The summed E-state index contributed by atoms with van der Waals surface area (Å²) in [5.41, 5.74) is 3.35. The standard InChI is InChI=1S/C25H23N3O5S/c1-16-12-13-17(2)20(14-16)27-25(30)23(18-8-4-3-5-9-18)33-22(29)15-26-24-19-10-6-7-11-21(19)34(31,32)28-24/h3-14,23H,15H2,1-2H3,(H,26,28)(H,27,30). The Bertz CT molecular complexity index is 1380. The molecule has 4 rings (SSSR count). The lowest BCUT2D eigenvalue weighted by Crippen LogP contribution is -2.28. The number of carbonyl (C=O) groups is 2. The smallest absolute Gasteiger partial charge is 0.328 e. The predicted molar refractivity (Wildman–Crippen MR) is 128 cm³/mol. The van der Waals surface area contributed by atoms with Gasteiger partial charge in [0.05, 0.1) is 4.90 Å². The zero-order valence-corrected chi connectivity index (χ0v) is 19.4. The van der Waals surface area contributed by atoms with Gasteiger partial charge in [0.1, 0.15) is 12.4 Å². The van der Waals surface area contributed by atoms with E-state index in [1.54, 1.807) is 48.5 Å². The third-order valence-electron chi connectivity index (χ3n) is 5.27. The van der Waals surface area contributed by atoms with Crippen LogP contribution in [0.2, 0.25) is 0 Å². The SMILES string of the molecule is Cc1ccc(C)c(NC(=O)C(OC(=O)CN=C2NS(=O)(=O)c3ccccc32)c2ccccc2)c1. The van der Waals surface area contributed by atoms with Gasteiger partial charge < -0.3 is 10.1 Å². The van der Waals surface area contributed by atoms with E-state index in [-0.39, 0.29) is 10.7 Å². The monoisotopic (exact) mass is 477 g/mol. The number of nitrogens with one attached hydrogen (secondary N) is 2. The number of sulfonamides is 1. The number of aliphatic imine (C=N–C) groups is 1. The summed E-state index contributed by atoms with van der Waals surface area (Å²) in [6, 6.07) is 20.7. The van der Waals surface area contributed by atoms with Crippen molar-refractivity contribution in [2.45, 2.75) is 24.8 Å². The average molecular weight is 478 g/mol. The molecule has 0 aliphatic carbocycles. The lowest BCUT2D eigenvalue weighted by molar-refractivity contribution is -0.153. The molecular formula is C25H23N3O5S. The lowest BCUT2D eigenvalue weighted by Gasteiger charge is -2.19. The number of aryl methyl sites for hydroxylation is 2. The van der Waals surface area contributed by atoms with Crippen molar-refractivity contribution in [3.63, 3.8) is 0 Å². The Kier molecular flexibility index (Phi) is 6.47. The molecule has 8 nitrogen and oxygen atoms in total. The summed E-state index contributed by atoms with van der Waals surface area (Å²) in [5, 5.41) is 2.83. The molecule has 0 bridgehead atoms. The van der Waals surface area contributed by atoms with Crippen LogP contribution >= 0.6 is 0 Å². The quantitative estimate of drug-likeness (QED) is 0.529. The summed E-state index contributed by atoms with van der Waals surface area (Å²) in [5.74, 6) is -1.22.